The summed E-state index contributed by atoms with van der Waals surface area (Å²) in [4.78, 5) is 66.4. The summed E-state index contributed by atoms with van der Waals surface area (Å²) < 4.78 is 67.0. The number of amides is 5. The van der Waals surface area contributed by atoms with Gasteiger partial charge in [-0.05, 0) is 38.5 Å². The second kappa shape index (κ2) is 47.4. The minimum absolute atomic E-state index is 0.0272. The van der Waals surface area contributed by atoms with E-state index < -0.39 is 253 Å². The third kappa shape index (κ3) is 28.2. The van der Waals surface area contributed by atoms with Crippen LogP contribution in [0, 0.1) is 0 Å². The van der Waals surface area contributed by atoms with Crippen molar-refractivity contribution in [2.45, 2.75) is 261 Å². The predicted octanol–water partition coefficient (Wildman–Crippen LogP) is -14.6. The lowest BCUT2D eigenvalue weighted by atomic mass is 9.96. The first-order valence-electron chi connectivity index (χ1n) is 36.4. The molecule has 44 nitrogen and oxygen atoms in total. The Hall–Kier alpha value is -4.43. The Kier molecular flexibility index (Phi) is 40.7. The van der Waals surface area contributed by atoms with Gasteiger partial charge < -0.3 is 191 Å². The third-order valence-electron chi connectivity index (χ3n) is 18.9. The van der Waals surface area contributed by atoms with Crippen LogP contribution >= 0.6 is 0 Å². The van der Waals surface area contributed by atoms with Gasteiger partial charge in [0.05, 0.1) is 72.5 Å². The maximum absolute atomic E-state index is 13.2. The van der Waals surface area contributed by atoms with E-state index in [1.54, 1.807) is 0 Å². The van der Waals surface area contributed by atoms with Gasteiger partial charge in [-0.2, -0.15) is 0 Å². The number of carbonyl (C=O) groups excluding carboxylic acids is 5. The lowest BCUT2D eigenvalue weighted by molar-refractivity contribution is -0.366. The standard InChI is InChI=1S/C65H114N6O38/c1-30(76)11-5-2-8-14-66-39(79)21-71(22-40(80)67-15-9-3-6-12-37(77)69-17-19-98-62-56(96)58(108-64-54(94)50(90)44(84)33(26-74)104-64)46(86)35(106-62)28-100-60-52(92)48(88)42(82)31(24-72)102-60)23-41(81)68-16-10-4-7-13-38(78)70-18-20-99-63-57(97)59(109-65-55(95)51(91)45(85)34(27-75)105-65)47(87)36(107-63)29-101-61-53(93)49(89)43(83)32(25-73)103-61/h31-36,42-65,72-76,82-97H,1-29H2,(H,66,79)(H,67,80)(H,68,81)(H,69,77)(H,70,78)/p-1. The van der Waals surface area contributed by atoms with E-state index in [4.69, 9.17) is 56.8 Å². The molecule has 6 fully saturated rings. The highest BCUT2D eigenvalue weighted by Gasteiger charge is 2.55. The lowest BCUT2D eigenvalue weighted by Gasteiger charge is -2.46. The molecule has 30 unspecified atom stereocenters. The molecule has 632 valence electrons. The fourth-order valence-corrected chi connectivity index (χ4v) is 12.5. The zero-order valence-corrected chi connectivity index (χ0v) is 60.1. The van der Waals surface area contributed by atoms with Crippen molar-refractivity contribution in [1.82, 2.24) is 31.5 Å². The van der Waals surface area contributed by atoms with Crippen molar-refractivity contribution in [3.05, 3.63) is 12.3 Å². The third-order valence-corrected chi connectivity index (χ3v) is 18.9. The second-order valence-corrected chi connectivity index (χ2v) is 27.3. The van der Waals surface area contributed by atoms with Crippen LogP contribution in [0.15, 0.2) is 12.3 Å². The van der Waals surface area contributed by atoms with Crippen LogP contribution in [0.25, 0.3) is 0 Å². The molecule has 0 aromatic heterocycles. The fraction of sp³-hybridized carbons (Fsp3) is 0.892. The van der Waals surface area contributed by atoms with Crippen molar-refractivity contribution in [3.8, 4) is 0 Å². The summed E-state index contributed by atoms with van der Waals surface area (Å²) >= 11 is 0. The van der Waals surface area contributed by atoms with Gasteiger partial charge >= 0.3 is 0 Å². The van der Waals surface area contributed by atoms with E-state index in [0.29, 0.717) is 64.2 Å². The minimum atomic E-state index is -1.97. The number of allylic oxidation sites excluding steroid dienone is 1. The summed E-state index contributed by atoms with van der Waals surface area (Å²) in [5, 5.41) is 233. The molecule has 6 aliphatic heterocycles. The van der Waals surface area contributed by atoms with Crippen LogP contribution < -0.4 is 31.7 Å². The van der Waals surface area contributed by atoms with E-state index in [-0.39, 0.29) is 84.2 Å². The fourth-order valence-electron chi connectivity index (χ4n) is 12.5. The molecule has 0 bridgehead atoms. The van der Waals surface area contributed by atoms with Gasteiger partial charge in [-0.1, -0.05) is 25.7 Å². The van der Waals surface area contributed by atoms with Gasteiger partial charge in [-0.15, -0.1) is 12.3 Å². The van der Waals surface area contributed by atoms with Gasteiger partial charge in [-0.3, -0.25) is 28.9 Å². The van der Waals surface area contributed by atoms with Gasteiger partial charge in [0.25, 0.3) is 0 Å². The number of hydrogen-bond acceptors (Lipinski definition) is 39. The van der Waals surface area contributed by atoms with E-state index in [0.717, 1.165) is 0 Å². The zero-order valence-electron chi connectivity index (χ0n) is 60.1. The molecular weight excluding hydrogens is 1470 g/mol. The Bertz CT molecular complexity index is 2540. The number of nitrogens with zero attached hydrogens (tertiary/aromatic N) is 1. The van der Waals surface area contributed by atoms with Crippen LogP contribution in [0.5, 0.6) is 0 Å². The molecule has 109 heavy (non-hydrogen) atoms. The molecular formula is C65H113N6O38-. The maximum Gasteiger partial charge on any atom is 0.234 e. The van der Waals surface area contributed by atoms with Crippen LogP contribution in [0.4, 0.5) is 0 Å². The first-order valence-corrected chi connectivity index (χ1v) is 36.4. The largest absolute Gasteiger partial charge is 0.876 e. The van der Waals surface area contributed by atoms with E-state index >= 15 is 0 Å². The number of nitrogens with one attached hydrogen (secondary N) is 5. The summed E-state index contributed by atoms with van der Waals surface area (Å²) in [6, 6.07) is 0. The summed E-state index contributed by atoms with van der Waals surface area (Å²) in [6.45, 7) is -2.68. The van der Waals surface area contributed by atoms with Crippen LogP contribution in [0.2, 0.25) is 0 Å². The minimum Gasteiger partial charge on any atom is -0.876 e. The first kappa shape index (κ1) is 93.4. The van der Waals surface area contributed by atoms with Crippen molar-refractivity contribution in [2.24, 2.45) is 0 Å². The Balaban J connectivity index is 0.896. The van der Waals surface area contributed by atoms with Gasteiger partial charge in [0.15, 0.2) is 37.7 Å². The number of ether oxygens (including phenoxy) is 12. The Morgan fingerprint density at radius 2 is 0.587 bits per heavy atom. The van der Waals surface area contributed by atoms with E-state index in [1.165, 1.54) is 4.90 Å². The smallest absolute Gasteiger partial charge is 0.234 e. The molecule has 0 aromatic carbocycles. The van der Waals surface area contributed by atoms with Crippen molar-refractivity contribution < 1.29 is 188 Å². The molecule has 30 atom stereocenters. The number of rotatable bonds is 46. The highest BCUT2D eigenvalue weighted by atomic mass is 16.8. The highest BCUT2D eigenvalue weighted by Crippen LogP contribution is 2.34. The van der Waals surface area contributed by atoms with E-state index in [2.05, 4.69) is 33.2 Å². The molecule has 5 amide bonds. The molecule has 0 spiro atoms. The van der Waals surface area contributed by atoms with Crippen molar-refractivity contribution in [3.63, 3.8) is 0 Å². The number of aliphatic hydroxyl groups excluding tert-OH is 20. The van der Waals surface area contributed by atoms with Crippen molar-refractivity contribution in [2.75, 3.05) is 105 Å². The maximum atomic E-state index is 13.2. The summed E-state index contributed by atoms with van der Waals surface area (Å²) in [5.74, 6) is -2.53. The molecule has 6 rings (SSSR count). The Morgan fingerprint density at radius 1 is 0.312 bits per heavy atom. The topological polar surface area (TPSA) is 687 Å². The second-order valence-electron chi connectivity index (χ2n) is 27.3. The molecule has 6 aliphatic rings. The summed E-state index contributed by atoms with van der Waals surface area (Å²) in [7, 11) is 0. The molecule has 25 N–H and O–H groups in total. The highest BCUT2D eigenvalue weighted by molar-refractivity contribution is 5.84. The summed E-state index contributed by atoms with van der Waals surface area (Å²) in [5.41, 5.74) is 0. The number of unbranched alkanes of at least 4 members (excludes halogenated alkanes) is 6. The molecule has 0 aliphatic carbocycles. The Morgan fingerprint density at radius 3 is 0.899 bits per heavy atom. The van der Waals surface area contributed by atoms with Crippen LogP contribution in [0.3, 0.4) is 0 Å². The molecule has 6 saturated heterocycles. The SMILES string of the molecule is C=C([O-])CCCCCNC(=O)CN(CC(=O)NCCCCCC(=O)NCCOC1OC(COC2OC(CO)C(O)C(O)C2O)C(O)C(OC2OC(CO)C(O)C(O)C2O)C1O)CC(=O)NCCCCCC(=O)NCCOC1OC(COC2OC(CO)C(O)C(O)C2O)C(O)C(OC2OC(CO)C(O)C(O)C2O)C1O. The average Bonchev–Trinajstić information content (AvgIpc) is 0.789. The Labute approximate surface area is 626 Å². The van der Waals surface area contributed by atoms with Gasteiger partial charge in [-0.25, -0.2) is 0 Å². The summed E-state index contributed by atoms with van der Waals surface area (Å²) in [6.07, 6.45) is -47.7. The quantitative estimate of drug-likeness (QED) is 0.0199. The van der Waals surface area contributed by atoms with E-state index in [1.807, 2.05) is 0 Å². The van der Waals surface area contributed by atoms with Gasteiger partial charge in [0.1, 0.15) is 146 Å². The van der Waals surface area contributed by atoms with Crippen molar-refractivity contribution in [1.29, 1.82) is 0 Å². The number of carbonyl (C=O) groups is 5. The van der Waals surface area contributed by atoms with Crippen molar-refractivity contribution >= 4 is 29.5 Å². The van der Waals surface area contributed by atoms with Crippen LogP contribution in [-0.4, -0.2) is 426 Å². The molecule has 0 saturated carbocycles. The first-order chi connectivity index (χ1) is 51.9. The average molecular weight is 1590 g/mol. The van der Waals surface area contributed by atoms with E-state index in [9.17, 15) is 131 Å². The predicted molar refractivity (Wildman–Crippen MR) is 356 cm³/mol. The zero-order chi connectivity index (χ0) is 80.2. The van der Waals surface area contributed by atoms with Gasteiger partial charge in [0, 0.05) is 45.6 Å². The van der Waals surface area contributed by atoms with Crippen LogP contribution in [0.1, 0.15) is 77.0 Å². The van der Waals surface area contributed by atoms with Gasteiger partial charge in [0.2, 0.25) is 29.5 Å². The van der Waals surface area contributed by atoms with Crippen LogP contribution in [-0.2, 0) is 80.8 Å². The lowest BCUT2D eigenvalue weighted by Crippen LogP contribution is -2.65. The molecule has 44 heteroatoms. The number of hydrogen-bond donors (Lipinski definition) is 25. The monoisotopic (exact) mass is 1590 g/mol. The number of aliphatic hydroxyl groups is 20. The normalized spacial score (nSPS) is 37.1. The molecule has 6 heterocycles. The molecule has 0 radical (unpaired) electrons. The molecule has 0 aromatic rings.